The molecule has 5 nitrogen and oxygen atoms in total. The fourth-order valence-electron chi connectivity index (χ4n) is 3.35. The smallest absolute Gasteiger partial charge is 0.249 e. The van der Waals surface area contributed by atoms with Crippen LogP contribution < -0.4 is 10.2 Å². The molecule has 1 aromatic rings. The number of amides is 1. The van der Waals surface area contributed by atoms with Gasteiger partial charge in [0.15, 0.2) is 0 Å². The molecule has 27 heavy (non-hydrogen) atoms. The Morgan fingerprint density at radius 3 is 2.56 bits per heavy atom. The van der Waals surface area contributed by atoms with E-state index in [0.717, 1.165) is 56.8 Å². The standard InChI is InChI=1S/C21H34FN3O2/c1-5-7-14-27-17(4)21(26)23-16(3)19-15-18(22)8-9-20(19)25-12-10-24(6-2)11-13-25/h8-9,15-17H,5-7,10-14H2,1-4H3,(H,23,26). The molecule has 2 atom stereocenters. The summed E-state index contributed by atoms with van der Waals surface area (Å²) in [4.78, 5) is 17.1. The largest absolute Gasteiger partial charge is 0.369 e. The lowest BCUT2D eigenvalue weighted by atomic mass is 10.0. The number of nitrogens with zero attached hydrogens (tertiary/aromatic N) is 2. The Balaban J connectivity index is 2.05. The second kappa shape index (κ2) is 10.6. The molecule has 1 aromatic carbocycles. The number of halogens is 1. The van der Waals surface area contributed by atoms with Crippen LogP contribution in [-0.2, 0) is 9.53 Å². The molecule has 0 radical (unpaired) electrons. The lowest BCUT2D eigenvalue weighted by molar-refractivity contribution is -0.132. The van der Waals surface area contributed by atoms with Gasteiger partial charge >= 0.3 is 0 Å². The highest BCUT2D eigenvalue weighted by molar-refractivity contribution is 5.81. The van der Waals surface area contributed by atoms with Crippen molar-refractivity contribution in [3.05, 3.63) is 29.6 Å². The molecule has 1 heterocycles. The van der Waals surface area contributed by atoms with Gasteiger partial charge in [-0.25, -0.2) is 4.39 Å². The van der Waals surface area contributed by atoms with Gasteiger partial charge in [0, 0.05) is 44.0 Å². The van der Waals surface area contributed by atoms with Crippen LogP contribution in [-0.4, -0.2) is 56.2 Å². The minimum Gasteiger partial charge on any atom is -0.369 e. The summed E-state index contributed by atoms with van der Waals surface area (Å²) in [5, 5.41) is 2.98. The predicted molar refractivity (Wildman–Crippen MR) is 108 cm³/mol. The topological polar surface area (TPSA) is 44.8 Å². The van der Waals surface area contributed by atoms with Crippen LogP contribution in [0.5, 0.6) is 0 Å². The summed E-state index contributed by atoms with van der Waals surface area (Å²) in [5.74, 6) is -0.445. The number of hydrogen-bond donors (Lipinski definition) is 1. The minimum absolute atomic E-state index is 0.162. The molecule has 152 valence electrons. The molecule has 1 N–H and O–H groups in total. The number of piperazine rings is 1. The Kier molecular flexibility index (Phi) is 8.51. The molecule has 2 unspecified atom stereocenters. The number of ether oxygens (including phenoxy) is 1. The zero-order valence-corrected chi connectivity index (χ0v) is 17.1. The summed E-state index contributed by atoms with van der Waals surface area (Å²) >= 11 is 0. The van der Waals surface area contributed by atoms with E-state index in [-0.39, 0.29) is 17.8 Å². The molecule has 1 fully saturated rings. The maximum absolute atomic E-state index is 13.9. The monoisotopic (exact) mass is 379 g/mol. The van der Waals surface area contributed by atoms with Crippen molar-refractivity contribution in [2.75, 3.05) is 44.2 Å². The number of carbonyl (C=O) groups excluding carboxylic acids is 1. The SMILES string of the molecule is CCCCOC(C)C(=O)NC(C)c1cc(F)ccc1N1CCN(CC)CC1. The zero-order chi connectivity index (χ0) is 19.8. The van der Waals surface area contributed by atoms with Crippen molar-refractivity contribution >= 4 is 11.6 Å². The molecule has 2 rings (SSSR count). The number of likely N-dealkylation sites (N-methyl/N-ethyl adjacent to an activating group) is 1. The molecule has 6 heteroatoms. The third kappa shape index (κ3) is 6.18. The number of hydrogen-bond acceptors (Lipinski definition) is 4. The molecule has 1 amide bonds. The first-order valence-electron chi connectivity index (χ1n) is 10.1. The normalized spacial score (nSPS) is 17.6. The van der Waals surface area contributed by atoms with Crippen LogP contribution in [0.2, 0.25) is 0 Å². The molecule has 1 aliphatic heterocycles. The molecule has 1 saturated heterocycles. The maximum Gasteiger partial charge on any atom is 0.249 e. The van der Waals surface area contributed by atoms with Crippen LogP contribution >= 0.6 is 0 Å². The van der Waals surface area contributed by atoms with Crippen LogP contribution in [0.1, 0.15) is 52.1 Å². The van der Waals surface area contributed by atoms with Gasteiger partial charge in [0.1, 0.15) is 11.9 Å². The number of unbranched alkanes of at least 4 members (excludes halogenated alkanes) is 1. The zero-order valence-electron chi connectivity index (χ0n) is 17.1. The summed E-state index contributed by atoms with van der Waals surface area (Å²) in [5.41, 5.74) is 1.81. The lowest BCUT2D eigenvalue weighted by Crippen LogP contribution is -2.46. The first-order chi connectivity index (χ1) is 13.0. The first kappa shape index (κ1) is 21.6. The molecule has 0 saturated carbocycles. The van der Waals surface area contributed by atoms with E-state index in [1.807, 2.05) is 13.0 Å². The van der Waals surface area contributed by atoms with Crippen molar-refractivity contribution in [3.8, 4) is 0 Å². The van der Waals surface area contributed by atoms with E-state index in [1.165, 1.54) is 12.1 Å². The third-order valence-corrected chi connectivity index (χ3v) is 5.21. The Hall–Kier alpha value is -1.66. The van der Waals surface area contributed by atoms with E-state index in [4.69, 9.17) is 4.74 Å². The van der Waals surface area contributed by atoms with Gasteiger partial charge in [-0.3, -0.25) is 4.79 Å². The van der Waals surface area contributed by atoms with Gasteiger partial charge in [0.2, 0.25) is 5.91 Å². The highest BCUT2D eigenvalue weighted by Crippen LogP contribution is 2.28. The van der Waals surface area contributed by atoms with E-state index >= 15 is 0 Å². The van der Waals surface area contributed by atoms with Gasteiger partial charge in [-0.2, -0.15) is 0 Å². The highest BCUT2D eigenvalue weighted by Gasteiger charge is 2.23. The summed E-state index contributed by atoms with van der Waals surface area (Å²) in [7, 11) is 0. The number of carbonyl (C=O) groups is 1. The second-order valence-electron chi connectivity index (χ2n) is 7.22. The second-order valence-corrected chi connectivity index (χ2v) is 7.22. The maximum atomic E-state index is 13.9. The Morgan fingerprint density at radius 2 is 1.93 bits per heavy atom. The van der Waals surface area contributed by atoms with E-state index in [9.17, 15) is 9.18 Å². The molecule has 1 aliphatic rings. The number of anilines is 1. The molecule has 0 spiro atoms. The van der Waals surface area contributed by atoms with Crippen molar-refractivity contribution < 1.29 is 13.9 Å². The molecule has 0 aromatic heterocycles. The Labute approximate surface area is 162 Å². The van der Waals surface area contributed by atoms with E-state index in [1.54, 1.807) is 6.92 Å². The quantitative estimate of drug-likeness (QED) is 0.669. The Morgan fingerprint density at radius 1 is 1.22 bits per heavy atom. The number of benzene rings is 1. The number of rotatable bonds is 9. The van der Waals surface area contributed by atoms with Crippen molar-refractivity contribution in [1.29, 1.82) is 0 Å². The van der Waals surface area contributed by atoms with Crippen molar-refractivity contribution in [2.45, 2.75) is 52.7 Å². The van der Waals surface area contributed by atoms with Crippen molar-refractivity contribution in [1.82, 2.24) is 10.2 Å². The minimum atomic E-state index is -0.510. The molecule has 0 aliphatic carbocycles. The van der Waals surface area contributed by atoms with Gasteiger partial charge in [-0.15, -0.1) is 0 Å². The third-order valence-electron chi connectivity index (χ3n) is 5.21. The van der Waals surface area contributed by atoms with Crippen molar-refractivity contribution in [2.24, 2.45) is 0 Å². The van der Waals surface area contributed by atoms with E-state index in [2.05, 4.69) is 29.0 Å². The average Bonchev–Trinajstić information content (AvgIpc) is 2.68. The lowest BCUT2D eigenvalue weighted by Gasteiger charge is -2.37. The highest BCUT2D eigenvalue weighted by atomic mass is 19.1. The van der Waals surface area contributed by atoms with E-state index < -0.39 is 6.10 Å². The van der Waals surface area contributed by atoms with Gasteiger partial charge < -0.3 is 19.9 Å². The van der Waals surface area contributed by atoms with Gasteiger partial charge in [0.25, 0.3) is 0 Å². The van der Waals surface area contributed by atoms with E-state index in [0.29, 0.717) is 6.61 Å². The van der Waals surface area contributed by atoms with Crippen LogP contribution in [0.4, 0.5) is 10.1 Å². The predicted octanol–water partition coefficient (Wildman–Crippen LogP) is 3.35. The van der Waals surface area contributed by atoms with Crippen LogP contribution in [0, 0.1) is 5.82 Å². The van der Waals surface area contributed by atoms with Gasteiger partial charge in [-0.05, 0) is 45.0 Å². The van der Waals surface area contributed by atoms with Crippen LogP contribution in [0.3, 0.4) is 0 Å². The number of nitrogens with one attached hydrogen (secondary N) is 1. The fraction of sp³-hybridized carbons (Fsp3) is 0.667. The molecule has 0 bridgehead atoms. The Bertz CT molecular complexity index is 603. The van der Waals surface area contributed by atoms with Crippen molar-refractivity contribution in [3.63, 3.8) is 0 Å². The molecular formula is C21H34FN3O2. The fourth-order valence-corrected chi connectivity index (χ4v) is 3.35. The van der Waals surface area contributed by atoms with Crippen LogP contribution in [0.25, 0.3) is 0 Å². The summed E-state index contributed by atoms with van der Waals surface area (Å²) in [6, 6.07) is 4.57. The summed E-state index contributed by atoms with van der Waals surface area (Å²) in [6.07, 6.45) is 1.46. The first-order valence-corrected chi connectivity index (χ1v) is 10.1. The summed E-state index contributed by atoms with van der Waals surface area (Å²) < 4.78 is 19.5. The summed E-state index contributed by atoms with van der Waals surface area (Å²) in [6.45, 7) is 13.3. The van der Waals surface area contributed by atoms with Gasteiger partial charge in [0.05, 0.1) is 6.04 Å². The average molecular weight is 380 g/mol. The van der Waals surface area contributed by atoms with Crippen LogP contribution in [0.15, 0.2) is 18.2 Å². The molecular weight excluding hydrogens is 345 g/mol. The van der Waals surface area contributed by atoms with Gasteiger partial charge in [-0.1, -0.05) is 20.3 Å².